The number of thiophene rings is 1. The minimum Gasteiger partial charge on any atom is -0.379 e. The van der Waals surface area contributed by atoms with Crippen LogP contribution in [0, 0.1) is 5.92 Å². The van der Waals surface area contributed by atoms with Crippen LogP contribution in [0.25, 0.3) is 10.2 Å². The zero-order valence-electron chi connectivity index (χ0n) is 13.7. The molecule has 2 aromatic heterocycles. The van der Waals surface area contributed by atoms with Crippen LogP contribution in [0.3, 0.4) is 0 Å². The fourth-order valence-corrected chi connectivity index (χ4v) is 5.09. The lowest BCUT2D eigenvalue weighted by Gasteiger charge is -2.31. The Morgan fingerprint density at radius 3 is 2.96 bits per heavy atom. The molecule has 0 spiro atoms. The Balaban J connectivity index is 1.74. The van der Waals surface area contributed by atoms with Gasteiger partial charge in [0.2, 0.25) is 0 Å². The molecule has 0 aromatic carbocycles. The van der Waals surface area contributed by atoms with Crippen LogP contribution in [-0.4, -0.2) is 41.2 Å². The van der Waals surface area contributed by atoms with E-state index in [0.717, 1.165) is 55.2 Å². The first-order valence-corrected chi connectivity index (χ1v) is 9.31. The third kappa shape index (κ3) is 2.73. The van der Waals surface area contributed by atoms with Gasteiger partial charge in [-0.25, -0.2) is 4.98 Å². The lowest BCUT2D eigenvalue weighted by atomic mass is 9.89. The van der Waals surface area contributed by atoms with E-state index in [-0.39, 0.29) is 11.6 Å². The molecule has 1 aliphatic carbocycles. The molecule has 2 aromatic rings. The molecule has 5 nitrogen and oxygen atoms in total. The second-order valence-electron chi connectivity index (χ2n) is 6.81. The molecule has 4 rings (SSSR count). The molecular formula is C17H23N3O2S. The second-order valence-corrected chi connectivity index (χ2v) is 7.89. The maximum atomic E-state index is 12.7. The molecule has 1 aliphatic heterocycles. The average molecular weight is 333 g/mol. The third-order valence-corrected chi connectivity index (χ3v) is 6.32. The monoisotopic (exact) mass is 333 g/mol. The van der Waals surface area contributed by atoms with Crippen molar-refractivity contribution in [1.29, 1.82) is 0 Å². The van der Waals surface area contributed by atoms with Crippen LogP contribution in [0.1, 0.15) is 42.6 Å². The van der Waals surface area contributed by atoms with Crippen molar-refractivity contribution in [3.8, 4) is 0 Å². The van der Waals surface area contributed by atoms with E-state index in [4.69, 9.17) is 9.72 Å². The summed E-state index contributed by atoms with van der Waals surface area (Å²) in [6, 6.07) is 0.119. The van der Waals surface area contributed by atoms with Gasteiger partial charge in [0.05, 0.1) is 24.6 Å². The van der Waals surface area contributed by atoms with Gasteiger partial charge in [-0.3, -0.25) is 9.69 Å². The Morgan fingerprint density at radius 2 is 2.17 bits per heavy atom. The van der Waals surface area contributed by atoms with Gasteiger partial charge in [-0.1, -0.05) is 6.92 Å². The van der Waals surface area contributed by atoms with Crippen molar-refractivity contribution in [3.63, 3.8) is 0 Å². The Kier molecular flexibility index (Phi) is 3.99. The number of ether oxygens (including phenoxy) is 1. The number of aromatic nitrogens is 2. The molecule has 124 valence electrons. The van der Waals surface area contributed by atoms with Crippen molar-refractivity contribution in [1.82, 2.24) is 14.9 Å². The molecule has 0 radical (unpaired) electrons. The van der Waals surface area contributed by atoms with Gasteiger partial charge < -0.3 is 9.72 Å². The number of rotatable bonds is 2. The number of hydrogen-bond donors (Lipinski definition) is 1. The smallest absolute Gasteiger partial charge is 0.259 e. The highest BCUT2D eigenvalue weighted by Gasteiger charge is 2.25. The molecule has 1 N–H and O–H groups in total. The molecule has 3 heterocycles. The maximum Gasteiger partial charge on any atom is 0.259 e. The van der Waals surface area contributed by atoms with Crippen LogP contribution >= 0.6 is 11.3 Å². The Labute approximate surface area is 139 Å². The molecule has 1 fully saturated rings. The van der Waals surface area contributed by atoms with Crippen LogP contribution < -0.4 is 5.56 Å². The number of morpholine rings is 1. The Morgan fingerprint density at radius 1 is 1.39 bits per heavy atom. The fraction of sp³-hybridized carbons (Fsp3) is 0.647. The number of fused-ring (bicyclic) bond motifs is 3. The van der Waals surface area contributed by atoms with Crippen molar-refractivity contribution in [2.24, 2.45) is 5.92 Å². The van der Waals surface area contributed by atoms with Gasteiger partial charge in [0.25, 0.3) is 5.56 Å². The number of nitrogens with one attached hydrogen (secondary N) is 1. The van der Waals surface area contributed by atoms with Crippen molar-refractivity contribution < 1.29 is 4.74 Å². The van der Waals surface area contributed by atoms with Gasteiger partial charge in [0, 0.05) is 18.0 Å². The standard InChI is InChI=1S/C17H23N3O2S/c1-10-3-4-12-13(9-10)23-17-14(12)16(21)18-15(19-17)11(2)20-5-7-22-8-6-20/h10-11H,3-9H2,1-2H3,(H,18,19,21)/t10-,11+/m0/s1. The van der Waals surface area contributed by atoms with Crippen LogP contribution in [0.5, 0.6) is 0 Å². The van der Waals surface area contributed by atoms with E-state index in [9.17, 15) is 4.79 Å². The van der Waals surface area contributed by atoms with Crippen molar-refractivity contribution >= 4 is 21.6 Å². The van der Waals surface area contributed by atoms with E-state index in [2.05, 4.69) is 23.7 Å². The number of nitrogens with zero attached hydrogens (tertiary/aromatic N) is 2. The normalized spacial score (nSPS) is 23.8. The summed E-state index contributed by atoms with van der Waals surface area (Å²) in [6.07, 6.45) is 3.27. The molecular weight excluding hydrogens is 310 g/mol. The molecule has 6 heteroatoms. The Hall–Kier alpha value is -1.24. The fourth-order valence-electron chi connectivity index (χ4n) is 3.70. The van der Waals surface area contributed by atoms with E-state index in [1.54, 1.807) is 11.3 Å². The van der Waals surface area contributed by atoms with Crippen molar-refractivity contribution in [3.05, 3.63) is 26.6 Å². The summed E-state index contributed by atoms with van der Waals surface area (Å²) >= 11 is 1.72. The van der Waals surface area contributed by atoms with Gasteiger partial charge >= 0.3 is 0 Å². The van der Waals surface area contributed by atoms with Crippen LogP contribution in [0.4, 0.5) is 0 Å². The highest BCUT2D eigenvalue weighted by Crippen LogP contribution is 2.36. The molecule has 2 atom stereocenters. The molecule has 0 saturated carbocycles. The molecule has 0 amide bonds. The number of hydrogen-bond acceptors (Lipinski definition) is 5. The predicted octanol–water partition coefficient (Wildman–Crippen LogP) is 2.50. The Bertz CT molecular complexity index is 776. The zero-order chi connectivity index (χ0) is 16.0. The minimum atomic E-state index is 0.0390. The predicted molar refractivity (Wildman–Crippen MR) is 92.2 cm³/mol. The van der Waals surface area contributed by atoms with E-state index in [0.29, 0.717) is 5.92 Å². The molecule has 0 unspecified atom stereocenters. The number of aryl methyl sites for hydroxylation is 1. The summed E-state index contributed by atoms with van der Waals surface area (Å²) in [5, 5.41) is 0.842. The number of aromatic amines is 1. The summed E-state index contributed by atoms with van der Waals surface area (Å²) in [4.78, 5) is 25.2. The average Bonchev–Trinajstić information content (AvgIpc) is 2.92. The van der Waals surface area contributed by atoms with Crippen LogP contribution in [0.15, 0.2) is 4.79 Å². The van der Waals surface area contributed by atoms with Gasteiger partial charge in [-0.05, 0) is 37.7 Å². The van der Waals surface area contributed by atoms with E-state index < -0.39 is 0 Å². The highest BCUT2D eigenvalue weighted by atomic mass is 32.1. The first-order chi connectivity index (χ1) is 11.1. The molecule has 0 bridgehead atoms. The van der Waals surface area contributed by atoms with Crippen molar-refractivity contribution in [2.75, 3.05) is 26.3 Å². The largest absolute Gasteiger partial charge is 0.379 e. The number of H-pyrrole nitrogens is 1. The molecule has 2 aliphatic rings. The van der Waals surface area contributed by atoms with Gasteiger partial charge in [0.1, 0.15) is 10.7 Å². The van der Waals surface area contributed by atoms with Crippen LogP contribution in [-0.2, 0) is 17.6 Å². The second kappa shape index (κ2) is 6.00. The first-order valence-electron chi connectivity index (χ1n) is 8.49. The quantitative estimate of drug-likeness (QED) is 0.917. The summed E-state index contributed by atoms with van der Waals surface area (Å²) in [6.45, 7) is 7.69. The zero-order valence-corrected chi connectivity index (χ0v) is 14.5. The van der Waals surface area contributed by atoms with E-state index in [1.807, 2.05) is 0 Å². The lowest BCUT2D eigenvalue weighted by molar-refractivity contribution is 0.0182. The highest BCUT2D eigenvalue weighted by molar-refractivity contribution is 7.18. The van der Waals surface area contributed by atoms with Crippen LogP contribution in [0.2, 0.25) is 0 Å². The summed E-state index contributed by atoms with van der Waals surface area (Å²) in [5.41, 5.74) is 1.29. The van der Waals surface area contributed by atoms with Gasteiger partial charge in [-0.15, -0.1) is 11.3 Å². The molecule has 23 heavy (non-hydrogen) atoms. The van der Waals surface area contributed by atoms with E-state index in [1.165, 1.54) is 16.9 Å². The van der Waals surface area contributed by atoms with Crippen molar-refractivity contribution in [2.45, 2.75) is 39.2 Å². The minimum absolute atomic E-state index is 0.0390. The van der Waals surface area contributed by atoms with E-state index >= 15 is 0 Å². The lowest BCUT2D eigenvalue weighted by Crippen LogP contribution is -2.39. The summed E-state index contributed by atoms with van der Waals surface area (Å²) < 4.78 is 5.41. The van der Waals surface area contributed by atoms with Gasteiger partial charge in [0.15, 0.2) is 0 Å². The summed E-state index contributed by atoms with van der Waals surface area (Å²) in [7, 11) is 0. The maximum absolute atomic E-state index is 12.7. The van der Waals surface area contributed by atoms with Gasteiger partial charge in [-0.2, -0.15) is 0 Å². The summed E-state index contributed by atoms with van der Waals surface area (Å²) in [5.74, 6) is 1.50. The third-order valence-electron chi connectivity index (χ3n) is 5.17. The SMILES string of the molecule is C[C@H]1CCc2c(sc3nc([C@@H](C)N4CCOCC4)[nH]c(=O)c23)C1. The topological polar surface area (TPSA) is 58.2 Å². The molecule has 1 saturated heterocycles. The first kappa shape index (κ1) is 15.3.